The largest absolute Gasteiger partial charge is 0.378 e. The number of anilines is 1. The van der Waals surface area contributed by atoms with Crippen molar-refractivity contribution < 1.29 is 8.78 Å². The molecule has 0 atom stereocenters. The van der Waals surface area contributed by atoms with E-state index in [1.54, 1.807) is 18.2 Å². The molecule has 0 saturated carbocycles. The Kier molecular flexibility index (Phi) is 4.01. The van der Waals surface area contributed by atoms with E-state index in [1.165, 1.54) is 29.7 Å². The summed E-state index contributed by atoms with van der Waals surface area (Å²) in [6.45, 7) is -2.45. The third-order valence-electron chi connectivity index (χ3n) is 3.02. The smallest absolute Gasteiger partial charge is 0.319 e. The van der Waals surface area contributed by atoms with Crippen LogP contribution in [0.4, 0.5) is 14.5 Å². The number of hydrogen-bond donors (Lipinski definition) is 1. The molecule has 6 nitrogen and oxygen atoms in total. The van der Waals surface area contributed by atoms with Gasteiger partial charge in [0.1, 0.15) is 18.5 Å². The molecular weight excluding hydrogens is 314 g/mol. The first-order chi connectivity index (χ1) is 10.6. The first-order valence-electron chi connectivity index (χ1n) is 6.33. The fraction of sp³-hybridized carbons (Fsp3) is 0.154. The Labute approximate surface area is 129 Å². The van der Waals surface area contributed by atoms with E-state index >= 15 is 0 Å². The highest BCUT2D eigenvalue weighted by Gasteiger charge is 2.11. The SMILES string of the molecule is FC(F)n1ccnc1CNc1ccc(-n2cncn2)c(Cl)c1. The number of imidazole rings is 1. The van der Waals surface area contributed by atoms with Crippen LogP contribution >= 0.6 is 11.6 Å². The molecule has 114 valence electrons. The van der Waals surface area contributed by atoms with Gasteiger partial charge in [0.15, 0.2) is 0 Å². The summed E-state index contributed by atoms with van der Waals surface area (Å²) in [6, 6.07) is 5.23. The molecule has 3 rings (SSSR count). The van der Waals surface area contributed by atoms with Crippen LogP contribution in [0.2, 0.25) is 5.02 Å². The third-order valence-corrected chi connectivity index (χ3v) is 3.33. The van der Waals surface area contributed by atoms with Crippen LogP contribution in [0.15, 0.2) is 43.2 Å². The maximum atomic E-state index is 12.7. The van der Waals surface area contributed by atoms with Gasteiger partial charge >= 0.3 is 6.55 Å². The highest BCUT2D eigenvalue weighted by Crippen LogP contribution is 2.24. The monoisotopic (exact) mass is 324 g/mol. The second kappa shape index (κ2) is 6.10. The lowest BCUT2D eigenvalue weighted by Crippen LogP contribution is -2.09. The summed E-state index contributed by atoms with van der Waals surface area (Å²) < 4.78 is 27.8. The summed E-state index contributed by atoms with van der Waals surface area (Å²) in [4.78, 5) is 7.75. The Morgan fingerprint density at radius 2 is 2.18 bits per heavy atom. The number of rotatable bonds is 5. The minimum absolute atomic E-state index is 0.163. The van der Waals surface area contributed by atoms with Crippen molar-refractivity contribution in [2.45, 2.75) is 13.1 Å². The van der Waals surface area contributed by atoms with Gasteiger partial charge in [-0.2, -0.15) is 13.9 Å². The van der Waals surface area contributed by atoms with Crippen LogP contribution in [0.1, 0.15) is 12.4 Å². The normalized spacial score (nSPS) is 11.1. The van der Waals surface area contributed by atoms with Gasteiger partial charge in [-0.25, -0.2) is 14.6 Å². The number of nitrogens with one attached hydrogen (secondary N) is 1. The first kappa shape index (κ1) is 14.5. The predicted molar refractivity (Wildman–Crippen MR) is 77.2 cm³/mol. The van der Waals surface area contributed by atoms with Gasteiger partial charge in [0.2, 0.25) is 0 Å². The molecule has 0 saturated heterocycles. The molecular formula is C13H11ClF2N6. The van der Waals surface area contributed by atoms with Gasteiger partial charge < -0.3 is 5.32 Å². The minimum Gasteiger partial charge on any atom is -0.378 e. The number of halogens is 3. The molecule has 9 heteroatoms. The standard InChI is InChI=1S/C13H11ClF2N6/c14-10-5-9(1-2-11(10)22-8-17-7-20-22)19-6-12-18-3-4-21(12)13(15)16/h1-5,7-8,13,19H,6H2. The number of hydrogen-bond acceptors (Lipinski definition) is 4. The molecule has 0 radical (unpaired) electrons. The van der Waals surface area contributed by atoms with Crippen molar-refractivity contribution in [2.24, 2.45) is 0 Å². The second-order valence-electron chi connectivity index (χ2n) is 4.39. The predicted octanol–water partition coefficient (Wildman–Crippen LogP) is 3.12. The second-order valence-corrected chi connectivity index (χ2v) is 4.80. The van der Waals surface area contributed by atoms with E-state index in [9.17, 15) is 8.78 Å². The zero-order valence-electron chi connectivity index (χ0n) is 11.2. The Morgan fingerprint density at radius 1 is 1.32 bits per heavy atom. The molecule has 0 amide bonds. The first-order valence-corrected chi connectivity index (χ1v) is 6.71. The average Bonchev–Trinajstić information content (AvgIpc) is 3.16. The average molecular weight is 325 g/mol. The third kappa shape index (κ3) is 2.91. The van der Waals surface area contributed by atoms with E-state index in [0.29, 0.717) is 16.4 Å². The maximum Gasteiger partial charge on any atom is 0.319 e. The minimum atomic E-state index is -2.61. The summed E-state index contributed by atoms with van der Waals surface area (Å²) in [5.74, 6) is 0.242. The molecule has 1 aromatic carbocycles. The summed E-state index contributed by atoms with van der Waals surface area (Å²) in [5, 5.41) is 7.47. The van der Waals surface area contributed by atoms with Crippen LogP contribution in [-0.2, 0) is 6.54 Å². The highest BCUT2D eigenvalue weighted by molar-refractivity contribution is 6.32. The highest BCUT2D eigenvalue weighted by atomic mass is 35.5. The van der Waals surface area contributed by atoms with Crippen LogP contribution in [0, 0.1) is 0 Å². The van der Waals surface area contributed by atoms with Crippen molar-refractivity contribution in [3.63, 3.8) is 0 Å². The van der Waals surface area contributed by atoms with Crippen molar-refractivity contribution in [3.05, 3.63) is 54.1 Å². The lowest BCUT2D eigenvalue weighted by molar-refractivity contribution is 0.0673. The molecule has 0 aliphatic carbocycles. The maximum absolute atomic E-state index is 12.7. The van der Waals surface area contributed by atoms with Gasteiger partial charge in [-0.05, 0) is 18.2 Å². The van der Waals surface area contributed by atoms with E-state index < -0.39 is 6.55 Å². The molecule has 2 heterocycles. The van der Waals surface area contributed by atoms with Crippen LogP contribution < -0.4 is 5.32 Å². The zero-order chi connectivity index (χ0) is 15.5. The van der Waals surface area contributed by atoms with Gasteiger partial charge in [0, 0.05) is 18.1 Å². The molecule has 2 aromatic heterocycles. The fourth-order valence-electron chi connectivity index (χ4n) is 1.97. The number of aromatic nitrogens is 5. The van der Waals surface area contributed by atoms with Crippen LogP contribution in [0.25, 0.3) is 5.69 Å². The summed E-state index contributed by atoms with van der Waals surface area (Å²) in [5.41, 5.74) is 1.37. The molecule has 0 aliphatic heterocycles. The molecule has 0 fully saturated rings. The molecule has 0 bridgehead atoms. The van der Waals surface area contributed by atoms with Crippen LogP contribution in [0.5, 0.6) is 0 Å². The Hall–Kier alpha value is -2.48. The molecule has 0 aliphatic rings. The van der Waals surface area contributed by atoms with Gasteiger partial charge in [-0.3, -0.25) is 4.57 Å². The molecule has 22 heavy (non-hydrogen) atoms. The van der Waals surface area contributed by atoms with Gasteiger partial charge in [-0.1, -0.05) is 11.6 Å². The zero-order valence-corrected chi connectivity index (χ0v) is 12.0. The van der Waals surface area contributed by atoms with E-state index in [1.807, 2.05) is 0 Å². The van der Waals surface area contributed by atoms with E-state index in [4.69, 9.17) is 11.6 Å². The van der Waals surface area contributed by atoms with E-state index in [-0.39, 0.29) is 12.4 Å². The van der Waals surface area contributed by atoms with Crippen LogP contribution in [0.3, 0.4) is 0 Å². The van der Waals surface area contributed by atoms with E-state index in [2.05, 4.69) is 20.4 Å². The van der Waals surface area contributed by atoms with Gasteiger partial charge in [0.05, 0.1) is 17.3 Å². The van der Waals surface area contributed by atoms with Crippen molar-refractivity contribution in [1.29, 1.82) is 0 Å². The molecule has 1 N–H and O–H groups in total. The summed E-state index contributed by atoms with van der Waals surface area (Å²) in [6.07, 6.45) is 5.52. The van der Waals surface area contributed by atoms with Crippen molar-refractivity contribution in [1.82, 2.24) is 24.3 Å². The lowest BCUT2D eigenvalue weighted by atomic mass is 10.2. The molecule has 0 unspecified atom stereocenters. The number of benzene rings is 1. The number of nitrogens with zero attached hydrogens (tertiary/aromatic N) is 5. The topological polar surface area (TPSA) is 60.6 Å². The fourth-order valence-corrected chi connectivity index (χ4v) is 2.24. The van der Waals surface area contributed by atoms with Gasteiger partial charge in [-0.15, -0.1) is 0 Å². The van der Waals surface area contributed by atoms with Crippen molar-refractivity contribution in [2.75, 3.05) is 5.32 Å². The molecule has 3 aromatic rings. The Morgan fingerprint density at radius 3 is 2.86 bits per heavy atom. The Bertz CT molecular complexity index is 756. The van der Waals surface area contributed by atoms with Crippen molar-refractivity contribution >= 4 is 17.3 Å². The molecule has 0 spiro atoms. The van der Waals surface area contributed by atoms with E-state index in [0.717, 1.165) is 4.57 Å². The van der Waals surface area contributed by atoms with Crippen LogP contribution in [-0.4, -0.2) is 24.3 Å². The number of alkyl halides is 2. The van der Waals surface area contributed by atoms with Crippen molar-refractivity contribution in [3.8, 4) is 5.69 Å². The Balaban J connectivity index is 1.74. The summed E-state index contributed by atoms with van der Waals surface area (Å²) in [7, 11) is 0. The lowest BCUT2D eigenvalue weighted by Gasteiger charge is -2.10. The van der Waals surface area contributed by atoms with Gasteiger partial charge in [0.25, 0.3) is 0 Å². The quantitative estimate of drug-likeness (QED) is 0.783. The summed E-state index contributed by atoms with van der Waals surface area (Å²) >= 11 is 6.19.